The minimum absolute atomic E-state index is 0.0121. The quantitative estimate of drug-likeness (QED) is 0.512. The summed E-state index contributed by atoms with van der Waals surface area (Å²) in [5.74, 6) is -0.754. The number of ether oxygens (including phenoxy) is 1. The van der Waals surface area contributed by atoms with Gasteiger partial charge in [-0.15, -0.1) is 0 Å². The molecule has 2 aliphatic carbocycles. The number of carboxylic acid groups (broad SMARTS) is 1. The van der Waals surface area contributed by atoms with Crippen molar-refractivity contribution in [2.75, 3.05) is 19.7 Å². The summed E-state index contributed by atoms with van der Waals surface area (Å²) < 4.78 is 5.70. The Morgan fingerprint density at radius 3 is 2.31 bits per heavy atom. The SMILES string of the molecule is CCN(CCCC(=O)O)C(=O)CC1CCCC1NC(=O)OCC1c2ccccc2-c2ccccc21. The first-order valence-corrected chi connectivity index (χ1v) is 12.6. The fourth-order valence-electron chi connectivity index (χ4n) is 5.50. The molecule has 35 heavy (non-hydrogen) atoms. The zero-order chi connectivity index (χ0) is 24.8. The van der Waals surface area contributed by atoms with Gasteiger partial charge in [0.05, 0.1) is 0 Å². The molecular formula is C28H34N2O5. The molecule has 0 spiro atoms. The highest BCUT2D eigenvalue weighted by Gasteiger charge is 2.33. The predicted molar refractivity (Wildman–Crippen MR) is 133 cm³/mol. The van der Waals surface area contributed by atoms with Crippen LogP contribution in [0.1, 0.15) is 62.5 Å². The standard InChI is InChI=1S/C28H34N2O5/c1-2-30(16-8-15-27(32)33)26(31)17-19-9-7-14-25(19)29-28(34)35-18-24-22-12-5-3-10-20(22)21-11-4-6-13-23(21)24/h3-6,10-13,19,24-25H,2,7-9,14-18H2,1H3,(H,29,34)(H,32,33). The van der Waals surface area contributed by atoms with Gasteiger partial charge in [0.2, 0.25) is 5.91 Å². The number of aliphatic carboxylic acids is 1. The molecule has 7 heteroatoms. The van der Waals surface area contributed by atoms with Gasteiger partial charge in [0.15, 0.2) is 0 Å². The van der Waals surface area contributed by atoms with E-state index in [1.165, 1.54) is 22.3 Å². The van der Waals surface area contributed by atoms with Gasteiger partial charge in [-0.1, -0.05) is 55.0 Å². The topological polar surface area (TPSA) is 95.9 Å². The van der Waals surface area contributed by atoms with Gasteiger partial charge < -0.3 is 20.1 Å². The second kappa shape index (κ2) is 11.4. The Kier molecular flexibility index (Phi) is 8.06. The zero-order valence-electron chi connectivity index (χ0n) is 20.2. The molecule has 2 aromatic rings. The lowest BCUT2D eigenvalue weighted by Gasteiger charge is -2.25. The Labute approximate surface area is 206 Å². The van der Waals surface area contributed by atoms with Crippen LogP contribution in [0.2, 0.25) is 0 Å². The van der Waals surface area contributed by atoms with Crippen LogP contribution in [0.4, 0.5) is 4.79 Å². The number of carbonyl (C=O) groups is 3. The molecule has 2 N–H and O–H groups in total. The van der Waals surface area contributed by atoms with Crippen molar-refractivity contribution in [2.24, 2.45) is 5.92 Å². The fraction of sp³-hybridized carbons (Fsp3) is 0.464. The highest BCUT2D eigenvalue weighted by atomic mass is 16.5. The summed E-state index contributed by atoms with van der Waals surface area (Å²) in [6.07, 6.45) is 3.08. The van der Waals surface area contributed by atoms with Crippen LogP contribution in [-0.4, -0.2) is 53.7 Å². The highest BCUT2D eigenvalue weighted by molar-refractivity contribution is 5.79. The van der Waals surface area contributed by atoms with Crippen LogP contribution in [0.25, 0.3) is 11.1 Å². The van der Waals surface area contributed by atoms with Crippen molar-refractivity contribution in [2.45, 2.75) is 57.4 Å². The number of amides is 2. The lowest BCUT2D eigenvalue weighted by molar-refractivity contribution is -0.138. The summed E-state index contributed by atoms with van der Waals surface area (Å²) in [5, 5.41) is 11.9. The van der Waals surface area contributed by atoms with Gasteiger partial charge >= 0.3 is 12.1 Å². The third-order valence-corrected chi connectivity index (χ3v) is 7.30. The van der Waals surface area contributed by atoms with E-state index >= 15 is 0 Å². The maximum Gasteiger partial charge on any atom is 0.407 e. The van der Waals surface area contributed by atoms with Crippen molar-refractivity contribution in [3.8, 4) is 11.1 Å². The van der Waals surface area contributed by atoms with E-state index in [0.717, 1.165) is 19.3 Å². The number of benzene rings is 2. The third kappa shape index (κ3) is 5.84. The molecule has 7 nitrogen and oxygen atoms in total. The van der Waals surface area contributed by atoms with Gasteiger partial charge in [-0.05, 0) is 54.4 Å². The van der Waals surface area contributed by atoms with Crippen LogP contribution >= 0.6 is 0 Å². The van der Waals surface area contributed by atoms with E-state index in [1.54, 1.807) is 4.90 Å². The smallest absolute Gasteiger partial charge is 0.407 e. The van der Waals surface area contributed by atoms with Crippen molar-refractivity contribution < 1.29 is 24.2 Å². The van der Waals surface area contributed by atoms with Crippen LogP contribution in [-0.2, 0) is 14.3 Å². The summed E-state index contributed by atoms with van der Waals surface area (Å²) in [4.78, 5) is 38.0. The maximum atomic E-state index is 12.8. The normalized spacial score (nSPS) is 18.5. The molecule has 2 aliphatic rings. The molecule has 2 amide bonds. The van der Waals surface area contributed by atoms with E-state index < -0.39 is 12.1 Å². The third-order valence-electron chi connectivity index (χ3n) is 7.30. The lowest BCUT2D eigenvalue weighted by atomic mass is 9.98. The molecule has 2 aromatic carbocycles. The Hall–Kier alpha value is -3.35. The van der Waals surface area contributed by atoms with E-state index in [0.29, 0.717) is 25.9 Å². The number of hydrogen-bond acceptors (Lipinski definition) is 4. The summed E-state index contributed by atoms with van der Waals surface area (Å²) in [7, 11) is 0. The Bertz CT molecular complexity index is 1020. The molecule has 0 saturated heterocycles. The molecule has 0 bridgehead atoms. The second-order valence-corrected chi connectivity index (χ2v) is 9.44. The molecule has 0 aromatic heterocycles. The zero-order valence-corrected chi connectivity index (χ0v) is 20.2. The average Bonchev–Trinajstić information content (AvgIpc) is 3.42. The fourth-order valence-corrected chi connectivity index (χ4v) is 5.50. The van der Waals surface area contributed by atoms with Crippen molar-refractivity contribution in [3.63, 3.8) is 0 Å². The number of carbonyl (C=O) groups excluding carboxylic acids is 2. The minimum Gasteiger partial charge on any atom is -0.481 e. The van der Waals surface area contributed by atoms with Gasteiger partial charge in [-0.3, -0.25) is 9.59 Å². The Morgan fingerprint density at radius 2 is 1.69 bits per heavy atom. The van der Waals surface area contributed by atoms with Crippen LogP contribution in [0.5, 0.6) is 0 Å². The van der Waals surface area contributed by atoms with Crippen LogP contribution in [0.3, 0.4) is 0 Å². The van der Waals surface area contributed by atoms with Crippen LogP contribution in [0.15, 0.2) is 48.5 Å². The summed E-state index contributed by atoms with van der Waals surface area (Å²) >= 11 is 0. The first-order valence-electron chi connectivity index (χ1n) is 12.6. The van der Waals surface area contributed by atoms with E-state index in [9.17, 15) is 14.4 Å². The van der Waals surface area contributed by atoms with Crippen molar-refractivity contribution in [3.05, 3.63) is 59.7 Å². The number of carboxylic acids is 1. The minimum atomic E-state index is -0.850. The predicted octanol–water partition coefficient (Wildman–Crippen LogP) is 4.80. The average molecular weight is 479 g/mol. The first kappa shape index (κ1) is 24.8. The molecule has 2 unspecified atom stereocenters. The van der Waals surface area contributed by atoms with E-state index in [2.05, 4.69) is 29.6 Å². The summed E-state index contributed by atoms with van der Waals surface area (Å²) in [5.41, 5.74) is 4.73. The van der Waals surface area contributed by atoms with E-state index in [-0.39, 0.29) is 36.8 Å². The largest absolute Gasteiger partial charge is 0.481 e. The Balaban J connectivity index is 1.30. The number of fused-ring (bicyclic) bond motifs is 3. The van der Waals surface area contributed by atoms with Crippen molar-refractivity contribution in [1.82, 2.24) is 10.2 Å². The van der Waals surface area contributed by atoms with Crippen molar-refractivity contribution in [1.29, 1.82) is 0 Å². The van der Waals surface area contributed by atoms with Gasteiger partial charge in [0.1, 0.15) is 6.61 Å². The number of hydrogen-bond donors (Lipinski definition) is 2. The number of nitrogens with zero attached hydrogens (tertiary/aromatic N) is 1. The van der Waals surface area contributed by atoms with Gasteiger partial charge in [0, 0.05) is 37.9 Å². The van der Waals surface area contributed by atoms with Gasteiger partial charge in [-0.2, -0.15) is 0 Å². The molecule has 186 valence electrons. The van der Waals surface area contributed by atoms with Crippen molar-refractivity contribution >= 4 is 18.0 Å². The Morgan fingerprint density at radius 1 is 1.03 bits per heavy atom. The molecule has 0 heterocycles. The molecule has 1 fully saturated rings. The summed E-state index contributed by atoms with van der Waals surface area (Å²) in [6.45, 7) is 3.16. The van der Waals surface area contributed by atoms with E-state index in [4.69, 9.17) is 9.84 Å². The first-order chi connectivity index (χ1) is 17.0. The monoisotopic (exact) mass is 478 g/mol. The van der Waals surface area contributed by atoms with Gasteiger partial charge in [0.25, 0.3) is 0 Å². The van der Waals surface area contributed by atoms with Crippen LogP contribution < -0.4 is 5.32 Å². The molecule has 2 atom stereocenters. The van der Waals surface area contributed by atoms with E-state index in [1.807, 2.05) is 31.2 Å². The number of rotatable bonds is 10. The molecule has 0 aliphatic heterocycles. The lowest BCUT2D eigenvalue weighted by Crippen LogP contribution is -2.41. The number of alkyl carbamates (subject to hydrolysis) is 1. The molecule has 4 rings (SSSR count). The number of nitrogens with one attached hydrogen (secondary N) is 1. The molecule has 0 radical (unpaired) electrons. The van der Waals surface area contributed by atoms with Crippen LogP contribution in [0, 0.1) is 5.92 Å². The maximum absolute atomic E-state index is 12.8. The van der Waals surface area contributed by atoms with Gasteiger partial charge in [-0.25, -0.2) is 4.79 Å². The summed E-state index contributed by atoms with van der Waals surface area (Å²) in [6, 6.07) is 16.4. The molecular weight excluding hydrogens is 444 g/mol. The highest BCUT2D eigenvalue weighted by Crippen LogP contribution is 2.44. The molecule has 1 saturated carbocycles. The second-order valence-electron chi connectivity index (χ2n) is 9.44.